The number of para-hydroxylation sites is 2. The Labute approximate surface area is 251 Å². The molecule has 3 heterocycles. The average Bonchev–Trinajstić information content (AvgIpc) is 3.72. The Balaban J connectivity index is 1.20. The Morgan fingerprint density at radius 3 is 2.07 bits per heavy atom. The number of aromatic amines is 1. The Morgan fingerprint density at radius 2 is 1.16 bits per heavy atom. The lowest BCUT2D eigenvalue weighted by molar-refractivity contribution is 1.18. The molecule has 0 fully saturated rings. The van der Waals surface area contributed by atoms with E-state index in [4.69, 9.17) is 0 Å². The van der Waals surface area contributed by atoms with Gasteiger partial charge in [-0.15, -0.1) is 11.3 Å². The van der Waals surface area contributed by atoms with E-state index >= 15 is 0 Å². The van der Waals surface area contributed by atoms with Gasteiger partial charge in [-0.1, -0.05) is 72.8 Å². The molecule has 0 saturated carbocycles. The second kappa shape index (κ2) is 8.57. The van der Waals surface area contributed by atoms with Gasteiger partial charge >= 0.3 is 0 Å². The summed E-state index contributed by atoms with van der Waals surface area (Å²) in [4.78, 5) is 3.70. The van der Waals surface area contributed by atoms with Crippen molar-refractivity contribution < 1.29 is 0 Å². The molecule has 0 spiro atoms. The van der Waals surface area contributed by atoms with E-state index in [1.165, 1.54) is 91.4 Å². The van der Waals surface area contributed by atoms with E-state index in [1.807, 2.05) is 11.3 Å². The molecule has 10 aromatic rings. The van der Waals surface area contributed by atoms with Crippen molar-refractivity contribution in [3.8, 4) is 16.8 Å². The lowest BCUT2D eigenvalue weighted by atomic mass is 9.98. The van der Waals surface area contributed by atoms with Crippen molar-refractivity contribution in [1.82, 2.24) is 9.55 Å². The van der Waals surface area contributed by atoms with Crippen LogP contribution in [-0.4, -0.2) is 9.55 Å². The molecule has 2 nitrogen and oxygen atoms in total. The quantitative estimate of drug-likeness (QED) is 0.216. The molecule has 0 aliphatic carbocycles. The molecular formula is C40H24N2S. The fourth-order valence-electron chi connectivity index (χ4n) is 7.13. The third kappa shape index (κ3) is 3.28. The van der Waals surface area contributed by atoms with Crippen molar-refractivity contribution in [3.05, 3.63) is 140 Å². The van der Waals surface area contributed by atoms with Crippen molar-refractivity contribution in [2.75, 3.05) is 0 Å². The first-order chi connectivity index (χ1) is 21.3. The summed E-state index contributed by atoms with van der Waals surface area (Å²) in [5, 5.41) is 10.4. The Morgan fingerprint density at radius 1 is 0.442 bits per heavy atom. The highest BCUT2D eigenvalue weighted by molar-refractivity contribution is 7.26. The van der Waals surface area contributed by atoms with Crippen LogP contribution in [0.5, 0.6) is 0 Å². The summed E-state index contributed by atoms with van der Waals surface area (Å²) >= 11 is 1.88. The molecule has 0 aliphatic heterocycles. The highest BCUT2D eigenvalue weighted by atomic mass is 32.1. The first-order valence-electron chi connectivity index (χ1n) is 14.7. The molecule has 0 amide bonds. The van der Waals surface area contributed by atoms with E-state index in [0.717, 1.165) is 0 Å². The number of fused-ring (bicyclic) bond motifs is 11. The standard InChI is InChI=1S/C40H24N2S/c1-2-8-27(9-3-1)42-36-12-6-4-10-28(36)33-21-25(15-18-37(33)42)24-14-17-34-31(20-24)32-23-30-26(22-35(32)41-34)16-19-39-40(30)29-11-5-7-13-38(29)43-39/h1-23,41H. The number of nitrogens with one attached hydrogen (secondary N) is 1. The average molecular weight is 565 g/mol. The first kappa shape index (κ1) is 23.2. The van der Waals surface area contributed by atoms with Crippen LogP contribution in [0.15, 0.2) is 140 Å². The molecular weight excluding hydrogens is 541 g/mol. The maximum atomic E-state index is 3.70. The van der Waals surface area contributed by atoms with Gasteiger partial charge in [-0.05, 0) is 88.6 Å². The van der Waals surface area contributed by atoms with Crippen LogP contribution in [0.3, 0.4) is 0 Å². The molecule has 3 aromatic heterocycles. The summed E-state index contributed by atoms with van der Waals surface area (Å²) in [7, 11) is 0. The zero-order valence-electron chi connectivity index (χ0n) is 23.1. The second-order valence-corrected chi connectivity index (χ2v) is 12.5. The molecule has 0 atom stereocenters. The number of H-pyrrole nitrogens is 1. The van der Waals surface area contributed by atoms with E-state index in [9.17, 15) is 0 Å². The van der Waals surface area contributed by atoms with E-state index in [2.05, 4.69) is 149 Å². The fraction of sp³-hybridized carbons (Fsp3) is 0. The van der Waals surface area contributed by atoms with Gasteiger partial charge in [0.25, 0.3) is 0 Å². The van der Waals surface area contributed by atoms with Gasteiger partial charge in [-0.2, -0.15) is 0 Å². The fourth-order valence-corrected chi connectivity index (χ4v) is 8.25. The minimum absolute atomic E-state index is 1.17. The summed E-state index contributed by atoms with van der Waals surface area (Å²) in [5.74, 6) is 0. The monoisotopic (exact) mass is 564 g/mol. The smallest absolute Gasteiger partial charge is 0.0541 e. The summed E-state index contributed by atoms with van der Waals surface area (Å²) in [5.41, 5.74) is 8.44. The number of benzene rings is 7. The molecule has 1 N–H and O–H groups in total. The molecule has 0 saturated heterocycles. The van der Waals surface area contributed by atoms with Crippen molar-refractivity contribution in [2.24, 2.45) is 0 Å². The molecule has 3 heteroatoms. The van der Waals surface area contributed by atoms with Gasteiger partial charge in [0.05, 0.1) is 11.0 Å². The van der Waals surface area contributed by atoms with Crippen molar-refractivity contribution in [3.63, 3.8) is 0 Å². The maximum Gasteiger partial charge on any atom is 0.0541 e. The summed E-state index contributed by atoms with van der Waals surface area (Å²) in [6.07, 6.45) is 0. The van der Waals surface area contributed by atoms with Gasteiger partial charge < -0.3 is 9.55 Å². The largest absolute Gasteiger partial charge is 0.354 e. The molecule has 200 valence electrons. The number of hydrogen-bond acceptors (Lipinski definition) is 1. The zero-order chi connectivity index (χ0) is 28.1. The van der Waals surface area contributed by atoms with Gasteiger partial charge in [0.2, 0.25) is 0 Å². The number of hydrogen-bond donors (Lipinski definition) is 1. The van der Waals surface area contributed by atoms with Gasteiger partial charge in [0.15, 0.2) is 0 Å². The lowest BCUT2D eigenvalue weighted by Gasteiger charge is -2.08. The highest BCUT2D eigenvalue weighted by Gasteiger charge is 2.15. The van der Waals surface area contributed by atoms with Crippen LogP contribution < -0.4 is 0 Å². The van der Waals surface area contributed by atoms with Crippen LogP contribution in [0.2, 0.25) is 0 Å². The van der Waals surface area contributed by atoms with Crippen LogP contribution >= 0.6 is 11.3 Å². The third-order valence-electron chi connectivity index (χ3n) is 9.10. The molecule has 0 radical (unpaired) electrons. The Hall–Kier alpha value is -5.38. The van der Waals surface area contributed by atoms with Crippen LogP contribution in [0.4, 0.5) is 0 Å². The molecule has 43 heavy (non-hydrogen) atoms. The van der Waals surface area contributed by atoms with Crippen LogP contribution in [0, 0.1) is 0 Å². The summed E-state index contributed by atoms with van der Waals surface area (Å²) in [6, 6.07) is 51.2. The SMILES string of the molecule is c1ccc(-n2c3ccccc3c3cc(-c4ccc5[nH]c6cc7ccc8sc9ccccc9c8c7cc6c5c4)ccc32)cc1. The lowest BCUT2D eigenvalue weighted by Crippen LogP contribution is -1.92. The second-order valence-electron chi connectivity index (χ2n) is 11.5. The van der Waals surface area contributed by atoms with Gasteiger partial charge in [0.1, 0.15) is 0 Å². The predicted molar refractivity (Wildman–Crippen MR) is 186 cm³/mol. The van der Waals surface area contributed by atoms with Crippen molar-refractivity contribution >= 4 is 85.9 Å². The summed E-state index contributed by atoms with van der Waals surface area (Å²) in [6.45, 7) is 0. The minimum atomic E-state index is 1.17. The number of nitrogens with zero attached hydrogens (tertiary/aromatic N) is 1. The van der Waals surface area contributed by atoms with E-state index in [1.54, 1.807) is 0 Å². The van der Waals surface area contributed by atoms with Crippen LogP contribution in [-0.2, 0) is 0 Å². The number of thiophene rings is 1. The Kier molecular flexibility index (Phi) is 4.63. The normalized spacial score (nSPS) is 12.2. The molecule has 0 unspecified atom stereocenters. The minimum Gasteiger partial charge on any atom is -0.354 e. The number of rotatable bonds is 2. The molecule has 10 rings (SSSR count). The van der Waals surface area contributed by atoms with Gasteiger partial charge in [-0.3, -0.25) is 0 Å². The van der Waals surface area contributed by atoms with Crippen molar-refractivity contribution in [2.45, 2.75) is 0 Å². The zero-order valence-corrected chi connectivity index (χ0v) is 24.0. The molecule has 0 aliphatic rings. The topological polar surface area (TPSA) is 20.7 Å². The maximum absolute atomic E-state index is 3.70. The van der Waals surface area contributed by atoms with E-state index in [0.29, 0.717) is 0 Å². The van der Waals surface area contributed by atoms with Crippen LogP contribution in [0.1, 0.15) is 0 Å². The van der Waals surface area contributed by atoms with Crippen LogP contribution in [0.25, 0.3) is 91.4 Å². The van der Waals surface area contributed by atoms with E-state index in [-0.39, 0.29) is 0 Å². The van der Waals surface area contributed by atoms with Gasteiger partial charge in [0, 0.05) is 58.4 Å². The number of aromatic nitrogens is 2. The first-order valence-corrected chi connectivity index (χ1v) is 15.5. The Bertz CT molecular complexity index is 2720. The molecule has 0 bridgehead atoms. The molecule has 7 aromatic carbocycles. The van der Waals surface area contributed by atoms with E-state index < -0.39 is 0 Å². The highest BCUT2D eigenvalue weighted by Crippen LogP contribution is 2.41. The predicted octanol–water partition coefficient (Wildman–Crippen LogP) is 11.6. The third-order valence-corrected chi connectivity index (χ3v) is 10.2. The van der Waals surface area contributed by atoms with Gasteiger partial charge in [-0.25, -0.2) is 0 Å². The van der Waals surface area contributed by atoms with Crippen molar-refractivity contribution in [1.29, 1.82) is 0 Å². The summed E-state index contributed by atoms with van der Waals surface area (Å²) < 4.78 is 5.06.